The normalized spacial score (nSPS) is 12.0. The van der Waals surface area contributed by atoms with Crippen LogP contribution in [0.3, 0.4) is 0 Å². The minimum absolute atomic E-state index is 0. The molecule has 0 fully saturated rings. The van der Waals surface area contributed by atoms with Crippen molar-refractivity contribution in [2.75, 3.05) is 7.11 Å². The van der Waals surface area contributed by atoms with Crippen molar-refractivity contribution in [3.05, 3.63) is 48.2 Å². The molecular weight excluding hydrogens is 377 g/mol. The molecule has 0 radical (unpaired) electrons. The van der Waals surface area contributed by atoms with Gasteiger partial charge in [-0.05, 0) is 25.1 Å². The SMILES string of the molecule is COc1cccc(Oc2ncccc2CNC(=O)C(C)C(C)N)c1.Cl.Cl. The van der Waals surface area contributed by atoms with Crippen LogP contribution in [-0.2, 0) is 11.3 Å². The van der Waals surface area contributed by atoms with Crippen molar-refractivity contribution in [1.29, 1.82) is 0 Å². The van der Waals surface area contributed by atoms with Gasteiger partial charge in [0, 0.05) is 36.3 Å². The van der Waals surface area contributed by atoms with E-state index in [1.54, 1.807) is 32.4 Å². The fourth-order valence-electron chi connectivity index (χ4n) is 2.01. The first-order valence-electron chi connectivity index (χ1n) is 7.80. The van der Waals surface area contributed by atoms with E-state index in [4.69, 9.17) is 15.2 Å². The summed E-state index contributed by atoms with van der Waals surface area (Å²) in [5.74, 6) is 1.40. The molecule has 1 aromatic heterocycles. The van der Waals surface area contributed by atoms with E-state index in [-0.39, 0.29) is 42.7 Å². The van der Waals surface area contributed by atoms with Gasteiger partial charge in [-0.25, -0.2) is 4.98 Å². The number of carbonyl (C=O) groups excluding carboxylic acids is 1. The summed E-state index contributed by atoms with van der Waals surface area (Å²) in [6, 6.07) is 10.7. The number of pyridine rings is 1. The average Bonchev–Trinajstić information content (AvgIpc) is 2.60. The number of benzene rings is 1. The van der Waals surface area contributed by atoms with Crippen LogP contribution in [-0.4, -0.2) is 24.0 Å². The van der Waals surface area contributed by atoms with Gasteiger partial charge in [-0.15, -0.1) is 24.8 Å². The highest BCUT2D eigenvalue weighted by atomic mass is 35.5. The lowest BCUT2D eigenvalue weighted by molar-refractivity contribution is -0.125. The van der Waals surface area contributed by atoms with E-state index < -0.39 is 0 Å². The maximum absolute atomic E-state index is 12.0. The number of hydrogen-bond donors (Lipinski definition) is 2. The molecule has 2 atom stereocenters. The zero-order chi connectivity index (χ0) is 17.5. The van der Waals surface area contributed by atoms with Gasteiger partial charge in [0.1, 0.15) is 11.5 Å². The maximum Gasteiger partial charge on any atom is 0.224 e. The lowest BCUT2D eigenvalue weighted by atomic mass is 10.0. The van der Waals surface area contributed by atoms with Gasteiger partial charge in [0.05, 0.1) is 7.11 Å². The highest BCUT2D eigenvalue weighted by Crippen LogP contribution is 2.26. The van der Waals surface area contributed by atoms with Crippen LogP contribution in [0, 0.1) is 5.92 Å². The van der Waals surface area contributed by atoms with E-state index in [0.29, 0.717) is 23.9 Å². The summed E-state index contributed by atoms with van der Waals surface area (Å²) in [7, 11) is 1.60. The quantitative estimate of drug-likeness (QED) is 0.742. The summed E-state index contributed by atoms with van der Waals surface area (Å²) in [5.41, 5.74) is 6.54. The van der Waals surface area contributed by atoms with Crippen LogP contribution in [0.4, 0.5) is 0 Å². The Labute approximate surface area is 166 Å². The van der Waals surface area contributed by atoms with Gasteiger partial charge in [-0.1, -0.05) is 19.1 Å². The third-order valence-electron chi connectivity index (χ3n) is 3.76. The number of amides is 1. The summed E-state index contributed by atoms with van der Waals surface area (Å²) in [4.78, 5) is 16.3. The molecule has 0 saturated carbocycles. The number of aromatic nitrogens is 1. The molecule has 2 rings (SSSR count). The minimum Gasteiger partial charge on any atom is -0.497 e. The number of rotatable bonds is 7. The Morgan fingerprint density at radius 2 is 1.88 bits per heavy atom. The molecule has 144 valence electrons. The van der Waals surface area contributed by atoms with Gasteiger partial charge in [0.25, 0.3) is 0 Å². The van der Waals surface area contributed by atoms with Gasteiger partial charge >= 0.3 is 0 Å². The zero-order valence-electron chi connectivity index (χ0n) is 15.0. The van der Waals surface area contributed by atoms with Crippen molar-refractivity contribution in [2.45, 2.75) is 26.4 Å². The van der Waals surface area contributed by atoms with E-state index in [2.05, 4.69) is 10.3 Å². The molecule has 26 heavy (non-hydrogen) atoms. The van der Waals surface area contributed by atoms with Gasteiger partial charge < -0.3 is 20.5 Å². The predicted octanol–water partition coefficient (Wildman–Crippen LogP) is 3.33. The molecule has 2 aromatic rings. The standard InChI is InChI=1S/C18H23N3O3.2ClH/c1-12(13(2)19)17(22)21-11-14-6-5-9-20-18(14)24-16-8-4-7-15(10-16)23-3;;/h4-10,12-13H,11,19H2,1-3H3,(H,21,22);2*1H. The average molecular weight is 402 g/mol. The molecule has 0 saturated heterocycles. The van der Waals surface area contributed by atoms with Gasteiger partial charge in [0.15, 0.2) is 0 Å². The molecule has 0 aliphatic rings. The third-order valence-corrected chi connectivity index (χ3v) is 3.76. The topological polar surface area (TPSA) is 86.5 Å². The van der Waals surface area contributed by atoms with Gasteiger partial charge in [-0.2, -0.15) is 0 Å². The van der Waals surface area contributed by atoms with E-state index in [9.17, 15) is 4.79 Å². The van der Waals surface area contributed by atoms with Crippen LogP contribution < -0.4 is 20.5 Å². The van der Waals surface area contributed by atoms with Crippen LogP contribution in [0.2, 0.25) is 0 Å². The first-order valence-corrected chi connectivity index (χ1v) is 7.80. The Morgan fingerprint density at radius 3 is 2.54 bits per heavy atom. The molecule has 1 heterocycles. The second kappa shape index (κ2) is 11.6. The summed E-state index contributed by atoms with van der Waals surface area (Å²) in [6.07, 6.45) is 1.64. The molecule has 1 aromatic carbocycles. The first-order chi connectivity index (χ1) is 11.5. The number of halogens is 2. The van der Waals surface area contributed by atoms with Crippen molar-refractivity contribution in [2.24, 2.45) is 11.7 Å². The maximum atomic E-state index is 12.0. The molecule has 3 N–H and O–H groups in total. The Balaban J connectivity index is 0.00000312. The number of methoxy groups -OCH3 is 1. The van der Waals surface area contributed by atoms with Crippen molar-refractivity contribution in [3.63, 3.8) is 0 Å². The van der Waals surface area contributed by atoms with Crippen LogP contribution in [0.15, 0.2) is 42.6 Å². The number of nitrogens with one attached hydrogen (secondary N) is 1. The summed E-state index contributed by atoms with van der Waals surface area (Å²) in [5, 5.41) is 2.87. The summed E-state index contributed by atoms with van der Waals surface area (Å²) >= 11 is 0. The Kier molecular flexibility index (Phi) is 10.7. The number of nitrogens with two attached hydrogens (primary N) is 1. The van der Waals surface area contributed by atoms with Gasteiger partial charge in [-0.3, -0.25) is 4.79 Å². The Bertz CT molecular complexity index is 699. The first kappa shape index (κ1) is 24.0. The lowest BCUT2D eigenvalue weighted by Gasteiger charge is -2.16. The van der Waals surface area contributed by atoms with Crippen LogP contribution in [0.5, 0.6) is 17.4 Å². The van der Waals surface area contributed by atoms with Crippen molar-refractivity contribution in [1.82, 2.24) is 10.3 Å². The molecule has 2 unspecified atom stereocenters. The zero-order valence-corrected chi connectivity index (χ0v) is 16.6. The van der Waals surface area contributed by atoms with Crippen LogP contribution >= 0.6 is 24.8 Å². The fraction of sp³-hybridized carbons (Fsp3) is 0.333. The monoisotopic (exact) mass is 401 g/mol. The van der Waals surface area contributed by atoms with Crippen molar-refractivity contribution in [3.8, 4) is 17.4 Å². The number of carbonyl (C=O) groups is 1. The van der Waals surface area contributed by atoms with E-state index in [1.807, 2.05) is 31.2 Å². The molecule has 1 amide bonds. The molecular formula is C18H25Cl2N3O3. The van der Waals surface area contributed by atoms with Gasteiger partial charge in [0.2, 0.25) is 11.8 Å². The second-order valence-electron chi connectivity index (χ2n) is 5.61. The van der Waals surface area contributed by atoms with Crippen molar-refractivity contribution >= 4 is 30.7 Å². The highest BCUT2D eigenvalue weighted by Gasteiger charge is 2.17. The second-order valence-corrected chi connectivity index (χ2v) is 5.61. The lowest BCUT2D eigenvalue weighted by Crippen LogP contribution is -2.38. The number of ether oxygens (including phenoxy) is 2. The van der Waals surface area contributed by atoms with E-state index >= 15 is 0 Å². The Hall–Kier alpha value is -2.02. The molecule has 0 aliphatic heterocycles. The van der Waals surface area contributed by atoms with Crippen LogP contribution in [0.25, 0.3) is 0 Å². The molecule has 6 nitrogen and oxygen atoms in total. The molecule has 8 heteroatoms. The predicted molar refractivity (Wildman–Crippen MR) is 106 cm³/mol. The smallest absolute Gasteiger partial charge is 0.224 e. The minimum atomic E-state index is -0.260. The number of nitrogens with zero attached hydrogens (tertiary/aromatic N) is 1. The molecule has 0 bridgehead atoms. The molecule has 0 aliphatic carbocycles. The van der Waals surface area contributed by atoms with Crippen LogP contribution in [0.1, 0.15) is 19.4 Å². The van der Waals surface area contributed by atoms with E-state index in [0.717, 1.165) is 5.56 Å². The molecule has 0 spiro atoms. The fourth-order valence-corrected chi connectivity index (χ4v) is 2.01. The summed E-state index contributed by atoms with van der Waals surface area (Å²) < 4.78 is 11.0. The Morgan fingerprint density at radius 1 is 1.19 bits per heavy atom. The van der Waals surface area contributed by atoms with Crippen molar-refractivity contribution < 1.29 is 14.3 Å². The number of hydrogen-bond acceptors (Lipinski definition) is 5. The summed E-state index contributed by atoms with van der Waals surface area (Å²) in [6.45, 7) is 3.94. The van der Waals surface area contributed by atoms with E-state index in [1.165, 1.54) is 0 Å². The third kappa shape index (κ3) is 6.71. The highest BCUT2D eigenvalue weighted by molar-refractivity contribution is 5.85. The largest absolute Gasteiger partial charge is 0.497 e.